The van der Waals surface area contributed by atoms with Crippen molar-refractivity contribution < 1.29 is 47.7 Å². The fourth-order valence-electron chi connectivity index (χ4n) is 8.03. The number of rotatable bonds is 11. The number of guanidine groups is 1. The fourth-order valence-corrected chi connectivity index (χ4v) is 8.03. The predicted octanol–water partition coefficient (Wildman–Crippen LogP) is 8.08. The Kier molecular flexibility index (Phi) is 16.1. The Morgan fingerprint density at radius 3 is 1.94 bits per heavy atom. The van der Waals surface area contributed by atoms with Gasteiger partial charge < -0.3 is 38.8 Å². The number of nitrogens with one attached hydrogen (secondary N) is 2. The summed E-state index contributed by atoms with van der Waals surface area (Å²) in [6.45, 7) is 17.7. The number of benzene rings is 2. The molecule has 1 aliphatic carbocycles. The third kappa shape index (κ3) is 14.5. The van der Waals surface area contributed by atoms with Gasteiger partial charge in [-0.25, -0.2) is 14.4 Å². The lowest BCUT2D eigenvalue weighted by molar-refractivity contribution is -0.155. The third-order valence-corrected chi connectivity index (χ3v) is 10.7. The van der Waals surface area contributed by atoms with Gasteiger partial charge in [-0.05, 0) is 130 Å². The SMILES string of the molecule is CC(C)(C)OC(=O)CC[C@H](NC(=O)OCC1c2ccccc2-c2ccccc21)C(=O)N1CCCCC1CCOC1CCN(C(=NC(=O)OC(C)(C)C)NC(=O)OC(C)(C)C)CC1. The summed E-state index contributed by atoms with van der Waals surface area (Å²) in [5, 5.41) is 5.45. The molecule has 2 atom stereocenters. The van der Waals surface area contributed by atoms with E-state index in [1.165, 1.54) is 0 Å². The van der Waals surface area contributed by atoms with Crippen LogP contribution in [-0.4, -0.2) is 114 Å². The van der Waals surface area contributed by atoms with Crippen molar-refractivity contribution in [2.75, 3.05) is 32.8 Å². The van der Waals surface area contributed by atoms with Crippen molar-refractivity contribution in [3.63, 3.8) is 0 Å². The number of carbonyl (C=O) groups excluding carboxylic acids is 5. The molecule has 2 aromatic rings. The van der Waals surface area contributed by atoms with Crippen LogP contribution in [0.2, 0.25) is 0 Å². The van der Waals surface area contributed by atoms with Gasteiger partial charge in [0.05, 0.1) is 6.10 Å². The zero-order valence-electron chi connectivity index (χ0n) is 38.0. The molecule has 2 N–H and O–H groups in total. The molecule has 2 heterocycles. The van der Waals surface area contributed by atoms with E-state index in [1.807, 2.05) is 41.3 Å². The molecule has 3 aliphatic rings. The summed E-state index contributed by atoms with van der Waals surface area (Å²) in [5.74, 6) is -0.821. The van der Waals surface area contributed by atoms with Crippen molar-refractivity contribution in [2.45, 2.75) is 155 Å². The quantitative estimate of drug-likeness (QED) is 0.0968. The summed E-state index contributed by atoms with van der Waals surface area (Å²) < 4.78 is 28.5. The van der Waals surface area contributed by atoms with Crippen molar-refractivity contribution in [3.05, 3.63) is 59.7 Å². The Morgan fingerprint density at radius 1 is 0.742 bits per heavy atom. The van der Waals surface area contributed by atoms with E-state index in [0.717, 1.165) is 41.5 Å². The lowest BCUT2D eigenvalue weighted by atomic mass is 9.97. The number of ether oxygens (including phenoxy) is 5. The van der Waals surface area contributed by atoms with Gasteiger partial charge in [0.1, 0.15) is 29.5 Å². The highest BCUT2D eigenvalue weighted by Gasteiger charge is 2.35. The molecule has 2 aromatic carbocycles. The summed E-state index contributed by atoms with van der Waals surface area (Å²) in [5.41, 5.74) is 2.17. The highest BCUT2D eigenvalue weighted by molar-refractivity contribution is 5.99. The summed E-state index contributed by atoms with van der Waals surface area (Å²) >= 11 is 0. The van der Waals surface area contributed by atoms with Gasteiger partial charge in [-0.15, -0.1) is 4.99 Å². The van der Waals surface area contributed by atoms with Crippen LogP contribution in [0.25, 0.3) is 11.1 Å². The largest absolute Gasteiger partial charge is 0.460 e. The molecule has 2 saturated heterocycles. The van der Waals surface area contributed by atoms with Crippen LogP contribution in [-0.2, 0) is 33.3 Å². The van der Waals surface area contributed by atoms with Gasteiger partial charge in [0.15, 0.2) is 0 Å². The van der Waals surface area contributed by atoms with E-state index in [-0.39, 0.29) is 49.4 Å². The van der Waals surface area contributed by atoms with Crippen molar-refractivity contribution in [1.29, 1.82) is 0 Å². The van der Waals surface area contributed by atoms with E-state index >= 15 is 0 Å². The van der Waals surface area contributed by atoms with Gasteiger partial charge in [-0.2, -0.15) is 0 Å². The molecule has 340 valence electrons. The summed E-state index contributed by atoms with van der Waals surface area (Å²) in [6.07, 6.45) is 1.95. The number of carbonyl (C=O) groups is 5. The lowest BCUT2D eigenvalue weighted by Crippen LogP contribution is -2.54. The fraction of sp³-hybridized carbons (Fsp3) is 0.617. The molecule has 0 bridgehead atoms. The van der Waals surface area contributed by atoms with Gasteiger partial charge in [-0.1, -0.05) is 48.5 Å². The van der Waals surface area contributed by atoms with Gasteiger partial charge in [0, 0.05) is 44.6 Å². The number of likely N-dealkylation sites (tertiary alicyclic amines) is 2. The Hall–Kier alpha value is -5.18. The maximum atomic E-state index is 14.4. The van der Waals surface area contributed by atoms with Crippen LogP contribution in [0, 0.1) is 0 Å². The number of alkyl carbamates (subject to hydrolysis) is 2. The monoisotopic (exact) mass is 861 g/mol. The number of hydrogen-bond donors (Lipinski definition) is 2. The molecular weight excluding hydrogens is 795 g/mol. The molecule has 0 radical (unpaired) electrons. The Labute approximate surface area is 366 Å². The van der Waals surface area contributed by atoms with E-state index in [4.69, 9.17) is 23.7 Å². The van der Waals surface area contributed by atoms with Crippen LogP contribution >= 0.6 is 0 Å². The first kappa shape index (κ1) is 47.9. The molecule has 2 fully saturated rings. The van der Waals surface area contributed by atoms with E-state index in [2.05, 4.69) is 27.8 Å². The third-order valence-electron chi connectivity index (χ3n) is 10.7. The average Bonchev–Trinajstić information content (AvgIpc) is 3.50. The van der Waals surface area contributed by atoms with Gasteiger partial charge in [-0.3, -0.25) is 14.9 Å². The smallest absolute Gasteiger partial charge is 0.437 e. The minimum Gasteiger partial charge on any atom is -0.460 e. The zero-order chi connectivity index (χ0) is 45.2. The summed E-state index contributed by atoms with van der Waals surface area (Å²) in [6, 6.07) is 15.0. The van der Waals surface area contributed by atoms with Crippen LogP contribution in [0.3, 0.4) is 0 Å². The second-order valence-corrected chi connectivity index (χ2v) is 19.2. The molecule has 15 nitrogen and oxygen atoms in total. The van der Waals surface area contributed by atoms with E-state index in [0.29, 0.717) is 45.5 Å². The second kappa shape index (κ2) is 20.8. The summed E-state index contributed by atoms with van der Waals surface area (Å²) in [4.78, 5) is 73.7. The maximum Gasteiger partial charge on any atom is 0.437 e. The highest BCUT2D eigenvalue weighted by atomic mass is 16.6. The normalized spacial score (nSPS) is 18.0. The topological polar surface area (TPSA) is 174 Å². The first-order chi connectivity index (χ1) is 29.2. The van der Waals surface area contributed by atoms with Crippen LogP contribution in [0.15, 0.2) is 53.5 Å². The minimum absolute atomic E-state index is 0.0521. The number of nitrogens with zero attached hydrogens (tertiary/aromatic N) is 3. The van der Waals surface area contributed by atoms with Gasteiger partial charge in [0.25, 0.3) is 0 Å². The van der Waals surface area contributed by atoms with Gasteiger partial charge >= 0.3 is 24.2 Å². The van der Waals surface area contributed by atoms with Crippen LogP contribution in [0.1, 0.15) is 131 Å². The summed E-state index contributed by atoms with van der Waals surface area (Å²) in [7, 11) is 0. The first-order valence-electron chi connectivity index (χ1n) is 22.0. The van der Waals surface area contributed by atoms with Crippen LogP contribution < -0.4 is 10.6 Å². The molecule has 2 aliphatic heterocycles. The first-order valence-corrected chi connectivity index (χ1v) is 22.0. The average molecular weight is 862 g/mol. The molecular formula is C47H67N5O10. The molecule has 0 spiro atoms. The van der Waals surface area contributed by atoms with Crippen molar-refractivity contribution in [3.8, 4) is 11.1 Å². The van der Waals surface area contributed by atoms with E-state index in [9.17, 15) is 24.0 Å². The number of fused-ring (bicyclic) bond motifs is 3. The van der Waals surface area contributed by atoms with Crippen LogP contribution in [0.4, 0.5) is 14.4 Å². The number of aliphatic imine (C=N–C) groups is 1. The molecule has 1 unspecified atom stereocenters. The zero-order valence-corrected chi connectivity index (χ0v) is 38.0. The Morgan fingerprint density at radius 2 is 1.34 bits per heavy atom. The molecule has 15 heteroatoms. The van der Waals surface area contributed by atoms with Crippen molar-refractivity contribution in [2.24, 2.45) is 4.99 Å². The molecule has 62 heavy (non-hydrogen) atoms. The van der Waals surface area contributed by atoms with Crippen molar-refractivity contribution in [1.82, 2.24) is 20.4 Å². The van der Waals surface area contributed by atoms with Crippen LogP contribution in [0.5, 0.6) is 0 Å². The number of esters is 1. The number of piperidine rings is 2. The lowest BCUT2D eigenvalue weighted by Gasteiger charge is -2.38. The molecule has 5 rings (SSSR count). The number of amides is 4. The van der Waals surface area contributed by atoms with Gasteiger partial charge in [0.2, 0.25) is 11.9 Å². The molecule has 0 aromatic heterocycles. The van der Waals surface area contributed by atoms with Crippen molar-refractivity contribution >= 4 is 36.1 Å². The standard InChI is InChI=1S/C47H67N5O10/c1-45(2,3)60-39(53)22-21-38(48-42(55)59-30-37-35-19-12-10-17-33(35)34-18-11-13-20-36(34)37)40(54)52-26-15-14-16-31(52)25-29-58-32-23-27-51(28-24-32)41(49-43(56)61-46(4,5)6)50-44(57)62-47(7,8)9/h10-13,17-20,31-32,37-38H,14-16,21-30H2,1-9H3,(H,48,55)(H,49,50,56,57)/t31?,38-/m0/s1. The second-order valence-electron chi connectivity index (χ2n) is 19.2. The maximum absolute atomic E-state index is 14.4. The number of hydrogen-bond acceptors (Lipinski definition) is 10. The minimum atomic E-state index is -1.00. The Bertz CT molecular complexity index is 1880. The highest BCUT2D eigenvalue weighted by Crippen LogP contribution is 2.44. The molecule has 4 amide bonds. The van der Waals surface area contributed by atoms with E-state index in [1.54, 1.807) is 67.2 Å². The predicted molar refractivity (Wildman–Crippen MR) is 235 cm³/mol. The molecule has 0 saturated carbocycles. The van der Waals surface area contributed by atoms with E-state index < -0.39 is 47.1 Å². The Balaban J connectivity index is 1.18.